The van der Waals surface area contributed by atoms with Gasteiger partial charge in [-0.2, -0.15) is 0 Å². The second-order valence-electron chi connectivity index (χ2n) is 6.59. The van der Waals surface area contributed by atoms with E-state index in [2.05, 4.69) is 23.9 Å². The summed E-state index contributed by atoms with van der Waals surface area (Å²) in [6, 6.07) is 1.44. The number of amides is 1. The van der Waals surface area contributed by atoms with Gasteiger partial charge in [-0.05, 0) is 19.0 Å². The first-order valence-corrected chi connectivity index (χ1v) is 7.67. The van der Waals surface area contributed by atoms with Crippen LogP contribution in [0.5, 0.6) is 0 Å². The molecular weight excluding hydrogens is 285 g/mol. The number of likely N-dealkylation sites (tertiary alicyclic amines) is 1. The summed E-state index contributed by atoms with van der Waals surface area (Å²) in [4.78, 5) is 20.4. The molecule has 0 aliphatic carbocycles. The van der Waals surface area contributed by atoms with Gasteiger partial charge in [-0.25, -0.2) is 4.39 Å². The van der Waals surface area contributed by atoms with Crippen LogP contribution >= 0.6 is 0 Å². The van der Waals surface area contributed by atoms with Gasteiger partial charge in [-0.15, -0.1) is 0 Å². The summed E-state index contributed by atoms with van der Waals surface area (Å²) in [7, 11) is 2.09. The van der Waals surface area contributed by atoms with Crippen molar-refractivity contribution in [1.29, 1.82) is 0 Å². The Kier molecular flexibility index (Phi) is 4.14. The van der Waals surface area contributed by atoms with Crippen molar-refractivity contribution in [3.8, 4) is 0 Å². The van der Waals surface area contributed by atoms with Crippen LogP contribution in [0.3, 0.4) is 0 Å². The maximum Gasteiger partial charge on any atom is 0.257 e. The lowest BCUT2D eigenvalue weighted by atomic mass is 9.79. The van der Waals surface area contributed by atoms with E-state index >= 15 is 0 Å². The third kappa shape index (κ3) is 2.73. The van der Waals surface area contributed by atoms with Gasteiger partial charge < -0.3 is 14.5 Å². The van der Waals surface area contributed by atoms with Crippen molar-refractivity contribution in [2.45, 2.75) is 6.92 Å². The van der Waals surface area contributed by atoms with E-state index in [9.17, 15) is 9.18 Å². The second kappa shape index (κ2) is 5.93. The van der Waals surface area contributed by atoms with Crippen molar-refractivity contribution in [3.63, 3.8) is 0 Å². The van der Waals surface area contributed by atoms with Crippen LogP contribution in [-0.2, 0) is 4.74 Å². The van der Waals surface area contributed by atoms with E-state index in [1.807, 2.05) is 0 Å². The quantitative estimate of drug-likeness (QED) is 0.784. The molecule has 0 aromatic carbocycles. The minimum Gasteiger partial charge on any atom is -0.379 e. The molecule has 2 saturated heterocycles. The van der Waals surface area contributed by atoms with Gasteiger partial charge in [0.25, 0.3) is 5.91 Å². The monoisotopic (exact) mass is 307 g/mol. The highest BCUT2D eigenvalue weighted by atomic mass is 19.1. The fraction of sp³-hybridized carbons (Fsp3) is 0.625. The molecule has 3 rings (SSSR count). The second-order valence-corrected chi connectivity index (χ2v) is 6.59. The molecule has 22 heavy (non-hydrogen) atoms. The first-order chi connectivity index (χ1) is 10.5. The number of pyridine rings is 1. The van der Waals surface area contributed by atoms with Crippen LogP contribution in [-0.4, -0.2) is 67.1 Å². The molecule has 1 amide bonds. The van der Waals surface area contributed by atoms with Crippen LogP contribution in [0.25, 0.3) is 0 Å². The first kappa shape index (κ1) is 15.4. The average Bonchev–Trinajstić information content (AvgIpc) is 2.65. The van der Waals surface area contributed by atoms with E-state index in [0.717, 1.165) is 19.3 Å². The van der Waals surface area contributed by atoms with Gasteiger partial charge in [0.05, 0.1) is 25.0 Å². The number of carbonyl (C=O) groups is 1. The molecule has 0 unspecified atom stereocenters. The normalized spacial score (nSPS) is 29.8. The lowest BCUT2D eigenvalue weighted by Gasteiger charge is -2.35. The zero-order valence-electron chi connectivity index (χ0n) is 13.1. The predicted octanol–water partition coefficient (Wildman–Crippen LogP) is 1.26. The minimum absolute atomic E-state index is 0.0651. The highest BCUT2D eigenvalue weighted by Crippen LogP contribution is 2.37. The van der Waals surface area contributed by atoms with Gasteiger partial charge in [0.2, 0.25) is 0 Å². The molecule has 1 aromatic heterocycles. The van der Waals surface area contributed by atoms with Crippen molar-refractivity contribution < 1.29 is 13.9 Å². The number of carbonyl (C=O) groups excluding carboxylic acids is 1. The van der Waals surface area contributed by atoms with Gasteiger partial charge in [0, 0.05) is 37.8 Å². The molecule has 2 aliphatic heterocycles. The zero-order valence-corrected chi connectivity index (χ0v) is 13.1. The molecule has 2 atom stereocenters. The van der Waals surface area contributed by atoms with Crippen molar-refractivity contribution >= 4 is 5.91 Å². The molecule has 6 heteroatoms. The summed E-state index contributed by atoms with van der Waals surface area (Å²) < 4.78 is 19.6. The summed E-state index contributed by atoms with van der Waals surface area (Å²) in [5, 5.41) is 0. The molecule has 5 nitrogen and oxygen atoms in total. The summed E-state index contributed by atoms with van der Waals surface area (Å²) in [6.07, 6.45) is 2.54. The Morgan fingerprint density at radius 1 is 1.50 bits per heavy atom. The number of rotatable bonds is 1. The Morgan fingerprint density at radius 2 is 2.32 bits per heavy atom. The number of ether oxygens (including phenoxy) is 1. The van der Waals surface area contributed by atoms with E-state index in [4.69, 9.17) is 4.74 Å². The smallest absolute Gasteiger partial charge is 0.257 e. The SMILES string of the molecule is C[C@H]1CN(C)C[C@@]12COCCN(C(=O)c1ccncc1F)C2. The molecule has 1 spiro atoms. The average molecular weight is 307 g/mol. The molecule has 0 N–H and O–H groups in total. The van der Waals surface area contributed by atoms with Crippen LogP contribution in [0, 0.1) is 17.2 Å². The fourth-order valence-electron chi connectivity index (χ4n) is 3.66. The molecule has 2 fully saturated rings. The number of nitrogens with zero attached hydrogens (tertiary/aromatic N) is 3. The lowest BCUT2D eigenvalue weighted by Crippen LogP contribution is -2.45. The van der Waals surface area contributed by atoms with Gasteiger partial charge in [0.15, 0.2) is 5.82 Å². The largest absolute Gasteiger partial charge is 0.379 e. The summed E-state index contributed by atoms with van der Waals surface area (Å²) >= 11 is 0. The molecule has 1 aromatic rings. The van der Waals surface area contributed by atoms with E-state index in [1.165, 1.54) is 12.3 Å². The van der Waals surface area contributed by atoms with Crippen molar-refractivity contribution in [3.05, 3.63) is 29.8 Å². The van der Waals surface area contributed by atoms with Crippen LogP contribution in [0.2, 0.25) is 0 Å². The Hall–Kier alpha value is -1.53. The third-order valence-electron chi connectivity index (χ3n) is 4.91. The first-order valence-electron chi connectivity index (χ1n) is 7.67. The molecule has 0 saturated carbocycles. The van der Waals surface area contributed by atoms with Crippen molar-refractivity contribution in [2.75, 3.05) is 46.4 Å². The highest BCUT2D eigenvalue weighted by Gasteiger charge is 2.46. The maximum absolute atomic E-state index is 13.9. The minimum atomic E-state index is -0.566. The van der Waals surface area contributed by atoms with E-state index in [0.29, 0.717) is 32.2 Å². The van der Waals surface area contributed by atoms with Gasteiger partial charge in [-0.3, -0.25) is 9.78 Å². The summed E-state index contributed by atoms with van der Waals surface area (Å²) in [5.74, 6) is -0.400. The molecule has 0 radical (unpaired) electrons. The van der Waals surface area contributed by atoms with Gasteiger partial charge >= 0.3 is 0 Å². The molecule has 3 heterocycles. The Balaban J connectivity index is 1.84. The Morgan fingerprint density at radius 3 is 3.00 bits per heavy atom. The van der Waals surface area contributed by atoms with E-state index in [-0.39, 0.29) is 16.9 Å². The lowest BCUT2D eigenvalue weighted by molar-refractivity contribution is 0.0489. The van der Waals surface area contributed by atoms with Gasteiger partial charge in [-0.1, -0.05) is 6.92 Å². The van der Waals surface area contributed by atoms with E-state index < -0.39 is 5.82 Å². The topological polar surface area (TPSA) is 45.7 Å². The number of hydrogen-bond acceptors (Lipinski definition) is 4. The van der Waals surface area contributed by atoms with Crippen LogP contribution in [0.1, 0.15) is 17.3 Å². The molecular formula is C16H22FN3O2. The van der Waals surface area contributed by atoms with Crippen LogP contribution < -0.4 is 0 Å². The van der Waals surface area contributed by atoms with E-state index in [1.54, 1.807) is 4.90 Å². The maximum atomic E-state index is 13.9. The predicted molar refractivity (Wildman–Crippen MR) is 80.0 cm³/mol. The number of halogens is 1. The fourth-order valence-corrected chi connectivity index (χ4v) is 3.66. The molecule has 2 aliphatic rings. The third-order valence-corrected chi connectivity index (χ3v) is 4.91. The zero-order chi connectivity index (χ0) is 15.7. The summed E-state index contributed by atoms with van der Waals surface area (Å²) in [5.41, 5.74) is 0.0239. The summed E-state index contributed by atoms with van der Waals surface area (Å²) in [6.45, 7) is 6.36. The number of aromatic nitrogens is 1. The van der Waals surface area contributed by atoms with Crippen LogP contribution in [0.15, 0.2) is 18.5 Å². The molecule has 0 bridgehead atoms. The standard InChI is InChI=1S/C16H22FN3O2/c1-12-8-19(2)9-16(12)10-20(5-6-22-11-16)15(21)13-3-4-18-7-14(13)17/h3-4,7,12H,5-6,8-11H2,1-2H3/t12-,16+/m0/s1. The Bertz CT molecular complexity index is 568. The highest BCUT2D eigenvalue weighted by molar-refractivity contribution is 5.94. The molecule has 120 valence electrons. The van der Waals surface area contributed by atoms with Crippen molar-refractivity contribution in [2.24, 2.45) is 11.3 Å². The van der Waals surface area contributed by atoms with Crippen molar-refractivity contribution in [1.82, 2.24) is 14.8 Å². The van der Waals surface area contributed by atoms with Gasteiger partial charge in [0.1, 0.15) is 0 Å². The number of hydrogen-bond donors (Lipinski definition) is 0. The Labute approximate surface area is 130 Å². The van der Waals surface area contributed by atoms with Crippen LogP contribution in [0.4, 0.5) is 4.39 Å².